The molecule has 0 saturated heterocycles. The van der Waals surface area contributed by atoms with Gasteiger partial charge in [0.1, 0.15) is 5.69 Å². The maximum Gasteiger partial charge on any atom is 0.199 e. The first-order chi connectivity index (χ1) is 11.5. The molecule has 0 saturated carbocycles. The minimum absolute atomic E-state index is 0.0651. The molecular formula is C16H9BrCl2N4O. The number of nitrogens with one attached hydrogen (secondary N) is 3. The van der Waals surface area contributed by atoms with Crippen LogP contribution in [0.4, 0.5) is 5.69 Å². The van der Waals surface area contributed by atoms with Crippen molar-refractivity contribution < 1.29 is 5.11 Å². The van der Waals surface area contributed by atoms with E-state index < -0.39 is 0 Å². The number of fused-ring (bicyclic) bond motifs is 2. The molecule has 0 amide bonds. The van der Waals surface area contributed by atoms with E-state index in [-0.39, 0.29) is 5.88 Å². The van der Waals surface area contributed by atoms with Crippen molar-refractivity contribution in [2.75, 3.05) is 0 Å². The lowest BCUT2D eigenvalue weighted by Gasteiger charge is -2.01. The van der Waals surface area contributed by atoms with E-state index in [9.17, 15) is 5.11 Å². The van der Waals surface area contributed by atoms with Crippen LogP contribution in [-0.4, -0.2) is 15.1 Å². The van der Waals surface area contributed by atoms with E-state index in [0.29, 0.717) is 37.9 Å². The van der Waals surface area contributed by atoms with Gasteiger partial charge in [-0.2, -0.15) is 5.11 Å². The van der Waals surface area contributed by atoms with Gasteiger partial charge in [-0.15, -0.1) is 0 Å². The summed E-state index contributed by atoms with van der Waals surface area (Å²) in [6.07, 6.45) is 0. The number of rotatable bonds is 2. The Morgan fingerprint density at radius 1 is 1.08 bits per heavy atom. The zero-order valence-electron chi connectivity index (χ0n) is 11.9. The van der Waals surface area contributed by atoms with Gasteiger partial charge in [0.15, 0.2) is 5.88 Å². The highest BCUT2D eigenvalue weighted by molar-refractivity contribution is 9.10. The van der Waals surface area contributed by atoms with Crippen LogP contribution in [0.3, 0.4) is 0 Å². The van der Waals surface area contributed by atoms with Gasteiger partial charge >= 0.3 is 0 Å². The zero-order valence-corrected chi connectivity index (χ0v) is 15.0. The average molecular weight is 424 g/mol. The predicted octanol–water partition coefficient (Wildman–Crippen LogP) is 6.75. The van der Waals surface area contributed by atoms with Crippen LogP contribution >= 0.6 is 39.1 Å². The van der Waals surface area contributed by atoms with Crippen molar-refractivity contribution in [1.29, 1.82) is 5.53 Å². The van der Waals surface area contributed by atoms with Gasteiger partial charge in [0.2, 0.25) is 0 Å². The second kappa shape index (κ2) is 5.51. The third-order valence-electron chi connectivity index (χ3n) is 3.90. The van der Waals surface area contributed by atoms with Gasteiger partial charge in [-0.1, -0.05) is 39.1 Å². The first kappa shape index (κ1) is 15.5. The third-order valence-corrected chi connectivity index (χ3v) is 4.91. The Morgan fingerprint density at radius 3 is 2.62 bits per heavy atom. The predicted molar refractivity (Wildman–Crippen MR) is 99.8 cm³/mol. The van der Waals surface area contributed by atoms with E-state index in [4.69, 9.17) is 28.7 Å². The largest absolute Gasteiger partial charge is 0.494 e. The molecule has 0 aliphatic rings. The molecule has 0 bridgehead atoms. The van der Waals surface area contributed by atoms with E-state index in [2.05, 4.69) is 31.0 Å². The summed E-state index contributed by atoms with van der Waals surface area (Å²) in [7, 11) is 0. The number of aromatic nitrogens is 2. The summed E-state index contributed by atoms with van der Waals surface area (Å²) in [6, 6.07) is 8.95. The molecule has 2 heterocycles. The summed E-state index contributed by atoms with van der Waals surface area (Å²) in [5, 5.41) is 16.4. The highest BCUT2D eigenvalue weighted by Crippen LogP contribution is 2.46. The highest BCUT2D eigenvalue weighted by atomic mass is 79.9. The van der Waals surface area contributed by atoms with E-state index in [1.54, 1.807) is 12.1 Å². The molecule has 4 N–H and O–H groups in total. The number of hydrogen-bond acceptors (Lipinski definition) is 3. The Hall–Kier alpha value is -2.02. The number of benzene rings is 2. The second-order valence-electron chi connectivity index (χ2n) is 5.31. The topological polar surface area (TPSA) is 88.0 Å². The molecule has 4 aromatic rings. The summed E-state index contributed by atoms with van der Waals surface area (Å²) in [5.41, 5.74) is 10.4. The van der Waals surface area contributed by atoms with Gasteiger partial charge in [-0.25, -0.2) is 5.53 Å². The maximum absolute atomic E-state index is 10.4. The molecule has 2 aromatic carbocycles. The standard InChI is InChI=1S/C16H9BrCl2N4O/c17-6-1-2-11-8(3-6)14(23-20)15(21-11)12-9-4-7(18)5-10(19)13(9)22-16(12)24/h1-5,20-22,24H. The fraction of sp³-hybridized carbons (Fsp3) is 0. The van der Waals surface area contributed by atoms with Gasteiger partial charge < -0.3 is 15.1 Å². The molecule has 0 aliphatic heterocycles. The Balaban J connectivity index is 2.13. The third kappa shape index (κ3) is 2.22. The molecule has 0 spiro atoms. The Morgan fingerprint density at radius 2 is 1.88 bits per heavy atom. The maximum atomic E-state index is 10.4. The Kier molecular flexibility index (Phi) is 3.56. The summed E-state index contributed by atoms with van der Waals surface area (Å²) >= 11 is 15.7. The molecule has 5 nitrogen and oxygen atoms in total. The summed E-state index contributed by atoms with van der Waals surface area (Å²) < 4.78 is 0.875. The molecule has 0 aliphatic carbocycles. The van der Waals surface area contributed by atoms with E-state index in [1.165, 1.54) is 0 Å². The first-order valence-corrected chi connectivity index (χ1v) is 8.43. The van der Waals surface area contributed by atoms with Crippen molar-refractivity contribution in [3.63, 3.8) is 0 Å². The average Bonchev–Trinajstić information content (AvgIpc) is 3.03. The molecule has 0 unspecified atom stereocenters. The van der Waals surface area contributed by atoms with Gasteiger partial charge in [0.05, 0.1) is 21.8 Å². The fourth-order valence-corrected chi connectivity index (χ4v) is 3.81. The van der Waals surface area contributed by atoms with Crippen molar-refractivity contribution in [2.24, 2.45) is 5.11 Å². The van der Waals surface area contributed by atoms with Gasteiger partial charge in [-0.05, 0) is 30.3 Å². The Bertz CT molecular complexity index is 1130. The molecule has 120 valence electrons. The van der Waals surface area contributed by atoms with Gasteiger partial charge in [-0.3, -0.25) is 0 Å². The van der Waals surface area contributed by atoms with Crippen molar-refractivity contribution in [3.05, 3.63) is 44.8 Å². The fourth-order valence-electron chi connectivity index (χ4n) is 2.91. The molecule has 24 heavy (non-hydrogen) atoms. The van der Waals surface area contributed by atoms with Crippen molar-refractivity contribution in [2.45, 2.75) is 0 Å². The van der Waals surface area contributed by atoms with Crippen molar-refractivity contribution in [1.82, 2.24) is 9.97 Å². The summed E-state index contributed by atoms with van der Waals surface area (Å²) in [6.45, 7) is 0. The number of H-pyrrole nitrogens is 2. The minimum Gasteiger partial charge on any atom is -0.494 e. The SMILES string of the molecule is N=Nc1c(-c2c(O)[nH]c3c(Cl)cc(Cl)cc23)[nH]c2ccc(Br)cc12. The lowest BCUT2D eigenvalue weighted by atomic mass is 10.1. The van der Waals surface area contributed by atoms with Gasteiger partial charge in [0, 0.05) is 25.8 Å². The molecular weight excluding hydrogens is 415 g/mol. The van der Waals surface area contributed by atoms with Crippen LogP contribution in [0.1, 0.15) is 0 Å². The van der Waals surface area contributed by atoms with Crippen LogP contribution in [-0.2, 0) is 0 Å². The monoisotopic (exact) mass is 422 g/mol. The number of nitrogens with zero attached hydrogens (tertiary/aromatic N) is 1. The van der Waals surface area contributed by atoms with Crippen LogP contribution in [0.15, 0.2) is 39.9 Å². The quantitative estimate of drug-likeness (QED) is 0.264. The minimum atomic E-state index is -0.0651. The van der Waals surface area contributed by atoms with Gasteiger partial charge in [0.25, 0.3) is 0 Å². The van der Waals surface area contributed by atoms with E-state index in [1.807, 2.05) is 18.2 Å². The second-order valence-corrected chi connectivity index (χ2v) is 7.07. The normalized spacial score (nSPS) is 11.5. The van der Waals surface area contributed by atoms with Crippen LogP contribution in [0.5, 0.6) is 5.88 Å². The lowest BCUT2D eigenvalue weighted by Crippen LogP contribution is -1.78. The highest BCUT2D eigenvalue weighted by Gasteiger charge is 2.22. The van der Waals surface area contributed by atoms with Crippen molar-refractivity contribution in [3.8, 4) is 17.1 Å². The van der Waals surface area contributed by atoms with E-state index in [0.717, 1.165) is 15.4 Å². The van der Waals surface area contributed by atoms with E-state index >= 15 is 0 Å². The van der Waals surface area contributed by atoms with Crippen molar-refractivity contribution >= 4 is 66.6 Å². The molecule has 4 rings (SSSR count). The van der Waals surface area contributed by atoms with Crippen LogP contribution < -0.4 is 0 Å². The summed E-state index contributed by atoms with van der Waals surface area (Å²) in [4.78, 5) is 6.08. The molecule has 0 fully saturated rings. The number of aromatic amines is 2. The van der Waals surface area contributed by atoms with Crippen LogP contribution in [0.2, 0.25) is 10.0 Å². The first-order valence-electron chi connectivity index (χ1n) is 6.88. The molecule has 0 radical (unpaired) electrons. The summed E-state index contributed by atoms with van der Waals surface area (Å²) in [5.74, 6) is -0.0651. The number of halogens is 3. The Labute approximate surface area is 154 Å². The molecule has 0 atom stereocenters. The molecule has 2 aromatic heterocycles. The lowest BCUT2D eigenvalue weighted by molar-refractivity contribution is 0.460. The zero-order chi connectivity index (χ0) is 17.0. The number of hydrogen-bond donors (Lipinski definition) is 4. The molecule has 8 heteroatoms. The van der Waals surface area contributed by atoms with Crippen LogP contribution in [0, 0.1) is 5.53 Å². The number of aromatic hydroxyl groups is 1. The smallest absolute Gasteiger partial charge is 0.199 e. The van der Waals surface area contributed by atoms with Crippen LogP contribution in [0.25, 0.3) is 33.1 Å².